The van der Waals surface area contributed by atoms with Gasteiger partial charge in [0, 0.05) is 28.8 Å². The molecule has 1 atom stereocenters. The van der Waals surface area contributed by atoms with Crippen molar-refractivity contribution in [3.63, 3.8) is 0 Å². The van der Waals surface area contributed by atoms with Gasteiger partial charge in [0.15, 0.2) is 5.82 Å². The van der Waals surface area contributed by atoms with Gasteiger partial charge in [0.25, 0.3) is 0 Å². The lowest BCUT2D eigenvalue weighted by molar-refractivity contribution is -0.120. The van der Waals surface area contributed by atoms with E-state index >= 15 is 0 Å². The quantitative estimate of drug-likeness (QED) is 0.562. The number of hydrogen-bond acceptors (Lipinski definition) is 4. The normalized spacial score (nSPS) is 16.4. The summed E-state index contributed by atoms with van der Waals surface area (Å²) >= 11 is 3.46. The number of benzene rings is 2. The topological polar surface area (TPSA) is 58.1 Å². The van der Waals surface area contributed by atoms with Gasteiger partial charge >= 0.3 is 0 Å². The third-order valence-electron chi connectivity index (χ3n) is 5.63. The molecular weight excluding hydrogens is 440 g/mol. The number of aromatic nitrogens is 2. The van der Waals surface area contributed by atoms with Gasteiger partial charge in [0.1, 0.15) is 0 Å². The summed E-state index contributed by atoms with van der Waals surface area (Å²) in [6.07, 6.45) is 1.84. The molecule has 1 saturated heterocycles. The SMILES string of the molecule is Cc1cc(Br)ccc1NC(=O)C1CCCN(c2ccc(-c3ccccc3C)nn2)C1. The number of hydrogen-bond donors (Lipinski definition) is 1. The maximum Gasteiger partial charge on any atom is 0.229 e. The average molecular weight is 465 g/mol. The molecule has 1 fully saturated rings. The Morgan fingerprint density at radius 1 is 1.07 bits per heavy atom. The van der Waals surface area contributed by atoms with E-state index in [1.807, 2.05) is 49.4 Å². The van der Waals surface area contributed by atoms with Gasteiger partial charge in [-0.05, 0) is 68.1 Å². The van der Waals surface area contributed by atoms with E-state index in [0.717, 1.165) is 52.2 Å². The number of carbonyl (C=O) groups excluding carboxylic acids is 1. The lowest BCUT2D eigenvalue weighted by Crippen LogP contribution is -2.41. The van der Waals surface area contributed by atoms with Crippen LogP contribution in [0.15, 0.2) is 59.1 Å². The van der Waals surface area contributed by atoms with Crippen molar-refractivity contribution >= 4 is 33.3 Å². The fourth-order valence-corrected chi connectivity index (χ4v) is 4.37. The first-order valence-electron chi connectivity index (χ1n) is 10.2. The van der Waals surface area contributed by atoms with Crippen LogP contribution in [0.25, 0.3) is 11.3 Å². The van der Waals surface area contributed by atoms with Crippen molar-refractivity contribution in [2.24, 2.45) is 5.92 Å². The van der Waals surface area contributed by atoms with Crippen LogP contribution in [0.5, 0.6) is 0 Å². The highest BCUT2D eigenvalue weighted by Crippen LogP contribution is 2.26. The highest BCUT2D eigenvalue weighted by molar-refractivity contribution is 9.10. The maximum atomic E-state index is 12.9. The first-order valence-corrected chi connectivity index (χ1v) is 11.0. The molecule has 0 bridgehead atoms. The van der Waals surface area contributed by atoms with Gasteiger partial charge in [-0.2, -0.15) is 0 Å². The summed E-state index contributed by atoms with van der Waals surface area (Å²) in [6, 6.07) is 18.1. The molecule has 1 aliphatic rings. The van der Waals surface area contributed by atoms with Crippen molar-refractivity contribution in [2.75, 3.05) is 23.3 Å². The van der Waals surface area contributed by atoms with Gasteiger partial charge in [0.2, 0.25) is 5.91 Å². The second-order valence-corrected chi connectivity index (χ2v) is 8.74. The number of halogens is 1. The molecule has 3 aromatic rings. The number of nitrogens with zero attached hydrogens (tertiary/aromatic N) is 3. The van der Waals surface area contributed by atoms with E-state index in [2.05, 4.69) is 55.4 Å². The van der Waals surface area contributed by atoms with Crippen molar-refractivity contribution in [1.82, 2.24) is 10.2 Å². The second kappa shape index (κ2) is 8.96. The van der Waals surface area contributed by atoms with Crippen LogP contribution >= 0.6 is 15.9 Å². The smallest absolute Gasteiger partial charge is 0.229 e. The third kappa shape index (κ3) is 4.54. The van der Waals surface area contributed by atoms with E-state index in [9.17, 15) is 4.79 Å². The summed E-state index contributed by atoms with van der Waals surface area (Å²) < 4.78 is 1.01. The second-order valence-electron chi connectivity index (χ2n) is 7.83. The monoisotopic (exact) mass is 464 g/mol. The van der Waals surface area contributed by atoms with Crippen molar-refractivity contribution in [3.05, 3.63) is 70.2 Å². The summed E-state index contributed by atoms with van der Waals surface area (Å²) in [6.45, 7) is 5.62. The Balaban J connectivity index is 1.44. The Morgan fingerprint density at radius 2 is 1.90 bits per heavy atom. The Morgan fingerprint density at radius 3 is 2.63 bits per heavy atom. The lowest BCUT2D eigenvalue weighted by Gasteiger charge is -2.32. The Bertz CT molecular complexity index is 1050. The summed E-state index contributed by atoms with van der Waals surface area (Å²) in [5.41, 5.74) is 5.05. The predicted octanol–water partition coefficient (Wildman–Crippen LogP) is 5.38. The molecule has 2 aromatic carbocycles. The summed E-state index contributed by atoms with van der Waals surface area (Å²) in [5, 5.41) is 12.0. The van der Waals surface area contributed by atoms with Crippen LogP contribution < -0.4 is 10.2 Å². The maximum absolute atomic E-state index is 12.9. The molecule has 1 aliphatic heterocycles. The number of nitrogens with one attached hydrogen (secondary N) is 1. The lowest BCUT2D eigenvalue weighted by atomic mass is 9.96. The highest BCUT2D eigenvalue weighted by Gasteiger charge is 2.27. The van der Waals surface area contributed by atoms with Crippen LogP contribution in [-0.2, 0) is 4.79 Å². The van der Waals surface area contributed by atoms with E-state index in [-0.39, 0.29) is 11.8 Å². The van der Waals surface area contributed by atoms with Crippen LogP contribution in [-0.4, -0.2) is 29.2 Å². The number of piperidine rings is 1. The first-order chi connectivity index (χ1) is 14.5. The minimum Gasteiger partial charge on any atom is -0.354 e. The van der Waals surface area contributed by atoms with Gasteiger partial charge in [-0.1, -0.05) is 40.2 Å². The average Bonchev–Trinajstić information content (AvgIpc) is 2.76. The van der Waals surface area contributed by atoms with Gasteiger partial charge in [-0.3, -0.25) is 4.79 Å². The zero-order valence-electron chi connectivity index (χ0n) is 17.2. The van der Waals surface area contributed by atoms with Gasteiger partial charge in [0.05, 0.1) is 11.6 Å². The van der Waals surface area contributed by atoms with Gasteiger partial charge < -0.3 is 10.2 Å². The van der Waals surface area contributed by atoms with Crippen molar-refractivity contribution < 1.29 is 4.79 Å². The zero-order valence-corrected chi connectivity index (χ0v) is 18.8. The molecule has 2 heterocycles. The fourth-order valence-electron chi connectivity index (χ4n) is 3.90. The van der Waals surface area contributed by atoms with Gasteiger partial charge in [-0.25, -0.2) is 0 Å². The van der Waals surface area contributed by atoms with Crippen molar-refractivity contribution in [3.8, 4) is 11.3 Å². The van der Waals surface area contributed by atoms with Crippen LogP contribution in [0.1, 0.15) is 24.0 Å². The molecular formula is C24H25BrN4O. The summed E-state index contributed by atoms with van der Waals surface area (Å²) in [4.78, 5) is 15.0. The number of carbonyl (C=O) groups is 1. The molecule has 1 N–H and O–H groups in total. The van der Waals surface area contributed by atoms with Crippen LogP contribution in [0.3, 0.4) is 0 Å². The van der Waals surface area contributed by atoms with E-state index < -0.39 is 0 Å². The molecule has 154 valence electrons. The van der Waals surface area contributed by atoms with Crippen LogP contribution in [0.4, 0.5) is 11.5 Å². The number of anilines is 2. The summed E-state index contributed by atoms with van der Waals surface area (Å²) in [5.74, 6) is 0.818. The molecule has 6 heteroatoms. The predicted molar refractivity (Wildman–Crippen MR) is 125 cm³/mol. The number of rotatable bonds is 4. The molecule has 0 radical (unpaired) electrons. The molecule has 5 nitrogen and oxygen atoms in total. The van der Waals surface area contributed by atoms with Gasteiger partial charge in [-0.15, -0.1) is 10.2 Å². The summed E-state index contributed by atoms with van der Waals surface area (Å²) in [7, 11) is 0. The van der Waals surface area contributed by atoms with E-state index in [1.165, 1.54) is 5.56 Å². The molecule has 0 aliphatic carbocycles. The minimum absolute atomic E-state index is 0.0645. The molecule has 1 amide bonds. The molecule has 30 heavy (non-hydrogen) atoms. The third-order valence-corrected chi connectivity index (χ3v) is 6.13. The molecule has 1 aromatic heterocycles. The standard InChI is InChI=1S/C24H25BrN4O/c1-16-6-3-4-8-20(16)22-11-12-23(28-27-22)29-13-5-7-18(15-29)24(30)26-21-10-9-19(25)14-17(21)2/h3-4,6,8-12,14,18H,5,7,13,15H2,1-2H3,(H,26,30). The molecule has 4 rings (SSSR count). The van der Waals surface area contributed by atoms with E-state index in [0.29, 0.717) is 6.54 Å². The largest absolute Gasteiger partial charge is 0.354 e. The number of aryl methyl sites for hydroxylation is 2. The van der Waals surface area contributed by atoms with Crippen molar-refractivity contribution in [2.45, 2.75) is 26.7 Å². The molecule has 0 spiro atoms. The van der Waals surface area contributed by atoms with Crippen LogP contribution in [0, 0.1) is 19.8 Å². The Labute approximate surface area is 185 Å². The highest BCUT2D eigenvalue weighted by atomic mass is 79.9. The van der Waals surface area contributed by atoms with E-state index in [1.54, 1.807) is 0 Å². The minimum atomic E-state index is -0.0698. The number of amides is 1. The van der Waals surface area contributed by atoms with E-state index in [4.69, 9.17) is 0 Å². The molecule has 0 saturated carbocycles. The first kappa shape index (κ1) is 20.5. The zero-order chi connectivity index (χ0) is 21.1. The Hall–Kier alpha value is -2.73. The Kier molecular flexibility index (Phi) is 6.13. The molecule has 1 unspecified atom stereocenters. The van der Waals surface area contributed by atoms with Crippen LogP contribution in [0.2, 0.25) is 0 Å². The fraction of sp³-hybridized carbons (Fsp3) is 0.292. The van der Waals surface area contributed by atoms with Crippen molar-refractivity contribution in [1.29, 1.82) is 0 Å².